The van der Waals surface area contributed by atoms with E-state index >= 15 is 0 Å². The smallest absolute Gasteiger partial charge is 0.308 e. The Hall–Kier alpha value is -2.90. The van der Waals surface area contributed by atoms with Crippen LogP contribution in [0.3, 0.4) is 0 Å². The molecule has 0 aliphatic carbocycles. The van der Waals surface area contributed by atoms with Gasteiger partial charge in [-0.15, -0.1) is 0 Å². The van der Waals surface area contributed by atoms with Crippen LogP contribution in [0.1, 0.15) is 28.4 Å². The molecule has 0 bridgehead atoms. The van der Waals surface area contributed by atoms with E-state index in [-0.39, 0.29) is 36.3 Å². The molecule has 0 saturated heterocycles. The average Bonchev–Trinajstić information content (AvgIpc) is 2.75. The van der Waals surface area contributed by atoms with Crippen LogP contribution in [0.5, 0.6) is 5.75 Å². The van der Waals surface area contributed by atoms with E-state index in [2.05, 4.69) is 0 Å². The van der Waals surface area contributed by atoms with E-state index in [1.54, 1.807) is 59.5 Å². The van der Waals surface area contributed by atoms with Crippen LogP contribution in [0.15, 0.2) is 72.8 Å². The highest BCUT2D eigenvalue weighted by atomic mass is 35.5. The molecule has 0 atom stereocenters. The zero-order valence-electron chi connectivity index (χ0n) is 16.8. The number of carbonyl (C=O) groups is 1. The molecule has 3 aromatic carbocycles. The fourth-order valence-electron chi connectivity index (χ4n) is 2.94. The quantitative estimate of drug-likeness (QED) is 0.440. The topological polar surface area (TPSA) is 63.7 Å². The molecule has 0 spiro atoms. The molecule has 31 heavy (non-hydrogen) atoms. The highest BCUT2D eigenvalue weighted by Crippen LogP contribution is 2.22. The van der Waals surface area contributed by atoms with Crippen molar-refractivity contribution in [3.63, 3.8) is 0 Å². The van der Waals surface area contributed by atoms with Gasteiger partial charge < -0.3 is 9.08 Å². The molecule has 3 aromatic rings. The molecule has 0 aliphatic heterocycles. The van der Waals surface area contributed by atoms with Gasteiger partial charge in [0.05, 0.1) is 16.3 Å². The van der Waals surface area contributed by atoms with Gasteiger partial charge in [0.1, 0.15) is 11.6 Å². The van der Waals surface area contributed by atoms with Gasteiger partial charge in [-0.1, -0.05) is 48.0 Å². The van der Waals surface area contributed by atoms with Gasteiger partial charge in [0, 0.05) is 13.1 Å². The van der Waals surface area contributed by atoms with Crippen LogP contribution in [-0.4, -0.2) is 25.0 Å². The molecule has 0 fully saturated rings. The minimum atomic E-state index is -3.67. The molecule has 0 heterocycles. The van der Waals surface area contributed by atoms with Crippen LogP contribution in [0.4, 0.5) is 4.39 Å². The van der Waals surface area contributed by atoms with Crippen LogP contribution in [0, 0.1) is 5.82 Å². The van der Waals surface area contributed by atoms with Crippen LogP contribution in [-0.2, 0) is 23.2 Å². The van der Waals surface area contributed by atoms with Crippen molar-refractivity contribution in [3.8, 4) is 5.75 Å². The molecule has 0 N–H and O–H groups in total. The first-order valence-electron chi connectivity index (χ1n) is 9.57. The summed E-state index contributed by atoms with van der Waals surface area (Å²) in [7, 11) is -3.67. The molecule has 5 nitrogen and oxygen atoms in total. The first-order valence-corrected chi connectivity index (χ1v) is 11.5. The summed E-state index contributed by atoms with van der Waals surface area (Å²) in [6.45, 7) is 1.87. The Morgan fingerprint density at radius 3 is 2.32 bits per heavy atom. The van der Waals surface area contributed by atoms with Crippen LogP contribution < -0.4 is 4.18 Å². The molecular formula is C23H21ClFNO4S. The SMILES string of the molecule is CCS(=O)(=O)Oc1cccc(CN(Cc2ccc(F)cc2)C(=O)c2ccccc2Cl)c1. The molecule has 162 valence electrons. The van der Waals surface area contributed by atoms with Crippen molar-refractivity contribution in [2.24, 2.45) is 0 Å². The maximum absolute atomic E-state index is 13.3. The number of nitrogens with zero attached hydrogens (tertiary/aromatic N) is 1. The minimum Gasteiger partial charge on any atom is -0.382 e. The third kappa shape index (κ3) is 6.29. The summed E-state index contributed by atoms with van der Waals surface area (Å²) in [6.07, 6.45) is 0. The van der Waals surface area contributed by atoms with Gasteiger partial charge in [0.2, 0.25) is 0 Å². The van der Waals surface area contributed by atoms with Crippen molar-refractivity contribution < 1.29 is 21.8 Å². The van der Waals surface area contributed by atoms with Crippen molar-refractivity contribution in [1.82, 2.24) is 4.90 Å². The van der Waals surface area contributed by atoms with Crippen molar-refractivity contribution in [2.45, 2.75) is 20.0 Å². The lowest BCUT2D eigenvalue weighted by molar-refractivity contribution is 0.0730. The minimum absolute atomic E-state index is 0.154. The van der Waals surface area contributed by atoms with Gasteiger partial charge >= 0.3 is 10.1 Å². The summed E-state index contributed by atoms with van der Waals surface area (Å²) in [6, 6.07) is 19.1. The number of carbonyl (C=O) groups excluding carboxylic acids is 1. The summed E-state index contributed by atoms with van der Waals surface area (Å²) in [5.74, 6) is -0.651. The Morgan fingerprint density at radius 1 is 0.968 bits per heavy atom. The van der Waals surface area contributed by atoms with Crippen molar-refractivity contribution in [1.29, 1.82) is 0 Å². The number of benzene rings is 3. The van der Waals surface area contributed by atoms with Gasteiger partial charge in [-0.3, -0.25) is 4.79 Å². The fourth-order valence-corrected chi connectivity index (χ4v) is 3.67. The Bertz CT molecular complexity index is 1170. The second kappa shape index (κ2) is 9.94. The Morgan fingerprint density at radius 2 is 1.65 bits per heavy atom. The van der Waals surface area contributed by atoms with Crippen LogP contribution in [0.2, 0.25) is 5.02 Å². The third-order valence-corrected chi connectivity index (χ3v) is 6.01. The zero-order valence-corrected chi connectivity index (χ0v) is 18.4. The highest BCUT2D eigenvalue weighted by molar-refractivity contribution is 7.87. The Balaban J connectivity index is 1.90. The van der Waals surface area contributed by atoms with E-state index in [4.69, 9.17) is 15.8 Å². The van der Waals surface area contributed by atoms with E-state index in [0.29, 0.717) is 16.1 Å². The summed E-state index contributed by atoms with van der Waals surface area (Å²) in [5.41, 5.74) is 1.75. The predicted molar refractivity (Wildman–Crippen MR) is 118 cm³/mol. The first-order chi connectivity index (χ1) is 14.8. The monoisotopic (exact) mass is 461 g/mol. The largest absolute Gasteiger partial charge is 0.382 e. The number of amides is 1. The summed E-state index contributed by atoms with van der Waals surface area (Å²) < 4.78 is 41.9. The molecule has 0 unspecified atom stereocenters. The molecule has 0 aliphatic rings. The number of halogens is 2. The summed E-state index contributed by atoms with van der Waals surface area (Å²) in [4.78, 5) is 14.8. The highest BCUT2D eigenvalue weighted by Gasteiger charge is 2.20. The lowest BCUT2D eigenvalue weighted by atomic mass is 10.1. The van der Waals surface area contributed by atoms with Crippen molar-refractivity contribution >= 4 is 27.6 Å². The van der Waals surface area contributed by atoms with E-state index < -0.39 is 10.1 Å². The molecule has 3 rings (SSSR count). The Kier molecular flexibility index (Phi) is 7.30. The number of rotatable bonds is 8. The second-order valence-corrected chi connectivity index (χ2v) is 9.11. The second-order valence-electron chi connectivity index (χ2n) is 6.84. The first kappa shape index (κ1) is 22.8. The molecule has 0 radical (unpaired) electrons. The van der Waals surface area contributed by atoms with Gasteiger partial charge in [-0.05, 0) is 54.4 Å². The summed E-state index contributed by atoms with van der Waals surface area (Å²) >= 11 is 6.22. The van der Waals surface area contributed by atoms with Gasteiger partial charge in [0.15, 0.2) is 0 Å². The van der Waals surface area contributed by atoms with Crippen LogP contribution >= 0.6 is 11.6 Å². The maximum Gasteiger partial charge on any atom is 0.308 e. The van der Waals surface area contributed by atoms with E-state index in [1.165, 1.54) is 25.1 Å². The third-order valence-electron chi connectivity index (χ3n) is 4.53. The molecule has 1 amide bonds. The zero-order chi connectivity index (χ0) is 22.4. The van der Waals surface area contributed by atoms with Gasteiger partial charge in [-0.25, -0.2) is 4.39 Å². The maximum atomic E-state index is 13.3. The van der Waals surface area contributed by atoms with Gasteiger partial charge in [-0.2, -0.15) is 8.42 Å². The standard InChI is InChI=1S/C23H21ClFNO4S/c1-2-31(28,29)30-20-7-5-6-18(14-20)16-26(15-17-10-12-19(25)13-11-17)23(27)21-8-3-4-9-22(21)24/h3-14H,2,15-16H2,1H3. The lowest BCUT2D eigenvalue weighted by Gasteiger charge is -2.24. The normalized spacial score (nSPS) is 11.2. The van der Waals surface area contributed by atoms with E-state index in [0.717, 1.165) is 5.56 Å². The van der Waals surface area contributed by atoms with Crippen LogP contribution in [0.25, 0.3) is 0 Å². The fraction of sp³-hybridized carbons (Fsp3) is 0.174. The summed E-state index contributed by atoms with van der Waals surface area (Å²) in [5, 5.41) is 0.322. The van der Waals surface area contributed by atoms with Gasteiger partial charge in [0.25, 0.3) is 5.91 Å². The predicted octanol–water partition coefficient (Wildman–Crippen LogP) is 5.05. The van der Waals surface area contributed by atoms with E-state index in [1.807, 2.05) is 0 Å². The average molecular weight is 462 g/mol. The molecule has 8 heteroatoms. The molecule has 0 saturated carbocycles. The Labute approximate surface area is 186 Å². The number of hydrogen-bond acceptors (Lipinski definition) is 4. The molecule has 0 aromatic heterocycles. The lowest BCUT2D eigenvalue weighted by Crippen LogP contribution is -2.30. The van der Waals surface area contributed by atoms with Crippen molar-refractivity contribution in [3.05, 3.63) is 100 Å². The molecular weight excluding hydrogens is 441 g/mol. The van der Waals surface area contributed by atoms with Crippen molar-refractivity contribution in [2.75, 3.05) is 5.75 Å². The number of hydrogen-bond donors (Lipinski definition) is 0. The van der Waals surface area contributed by atoms with E-state index in [9.17, 15) is 17.6 Å².